The fourth-order valence-electron chi connectivity index (χ4n) is 5.34. The minimum atomic E-state index is -4.43. The molecule has 0 aliphatic heterocycles. The highest BCUT2D eigenvalue weighted by atomic mass is 19.4. The molecule has 2 heterocycles. The molecule has 1 saturated carbocycles. The van der Waals surface area contributed by atoms with Gasteiger partial charge in [0, 0.05) is 18.2 Å². The third-order valence-electron chi connectivity index (χ3n) is 7.41. The smallest absolute Gasteiger partial charge is 0.416 e. The summed E-state index contributed by atoms with van der Waals surface area (Å²) >= 11 is 0. The van der Waals surface area contributed by atoms with Gasteiger partial charge in [-0.3, -0.25) is 0 Å². The molecule has 1 fully saturated rings. The number of nitrogens with zero attached hydrogens (tertiary/aromatic N) is 4. The van der Waals surface area contributed by atoms with Crippen molar-refractivity contribution < 1.29 is 23.1 Å². The summed E-state index contributed by atoms with van der Waals surface area (Å²) in [5.41, 5.74) is 2.41. The molecule has 0 spiro atoms. The lowest BCUT2D eigenvalue weighted by molar-refractivity contribution is -0.137. The summed E-state index contributed by atoms with van der Waals surface area (Å²) in [7, 11) is 0. The summed E-state index contributed by atoms with van der Waals surface area (Å²) in [6, 6.07) is 12.7. The molecule has 2 aromatic heterocycles. The Balaban J connectivity index is 1.66. The number of aromatic carboxylic acids is 1. The van der Waals surface area contributed by atoms with E-state index in [9.17, 15) is 23.1 Å². The van der Waals surface area contributed by atoms with Gasteiger partial charge in [0.05, 0.1) is 5.56 Å². The first-order valence-electron chi connectivity index (χ1n) is 13.1. The van der Waals surface area contributed by atoms with Crippen LogP contribution in [0.15, 0.2) is 48.5 Å². The number of hydrogen-bond acceptors (Lipinski definition) is 5. The molecule has 0 saturated heterocycles. The molecule has 39 heavy (non-hydrogen) atoms. The zero-order valence-electron chi connectivity index (χ0n) is 21.8. The highest BCUT2D eigenvalue weighted by Gasteiger charge is 2.30. The zero-order chi connectivity index (χ0) is 27.7. The molecule has 7 nitrogen and oxygen atoms in total. The molecule has 2 N–H and O–H groups in total. The monoisotopic (exact) mass is 537 g/mol. The number of fused-ring (bicyclic) bond motifs is 1. The minimum absolute atomic E-state index is 0.0295. The van der Waals surface area contributed by atoms with Crippen LogP contribution in [0.3, 0.4) is 0 Å². The first-order valence-corrected chi connectivity index (χ1v) is 13.1. The number of carbonyl (C=O) groups is 1. The fourth-order valence-corrected chi connectivity index (χ4v) is 5.34. The third-order valence-corrected chi connectivity index (χ3v) is 7.41. The fraction of sp³-hybridized carbons (Fsp3) is 0.379. The zero-order valence-corrected chi connectivity index (χ0v) is 21.8. The maximum Gasteiger partial charge on any atom is 0.416 e. The highest BCUT2D eigenvalue weighted by Crippen LogP contribution is 2.34. The molecule has 1 aliphatic rings. The van der Waals surface area contributed by atoms with Crippen molar-refractivity contribution in [3.63, 3.8) is 0 Å². The van der Waals surface area contributed by atoms with Crippen LogP contribution in [-0.4, -0.2) is 36.6 Å². The SMILES string of the molecule is Cc1cccc(-c2nc3nc(C(=O)O)nc(N[C@H](C)C4CCCCC4)c3n2Cc2ccc(C(F)(F)F)cc2)c1. The molecule has 1 atom stereocenters. The van der Waals surface area contributed by atoms with Crippen LogP contribution in [0.2, 0.25) is 0 Å². The van der Waals surface area contributed by atoms with Crippen LogP contribution in [-0.2, 0) is 12.7 Å². The van der Waals surface area contributed by atoms with Gasteiger partial charge in [-0.2, -0.15) is 13.2 Å². The van der Waals surface area contributed by atoms with Crippen LogP contribution in [0.5, 0.6) is 0 Å². The van der Waals surface area contributed by atoms with Crippen molar-refractivity contribution in [3.05, 3.63) is 71.0 Å². The summed E-state index contributed by atoms with van der Waals surface area (Å²) in [5.74, 6) is -0.331. The van der Waals surface area contributed by atoms with E-state index in [1.807, 2.05) is 35.8 Å². The molecule has 0 radical (unpaired) electrons. The van der Waals surface area contributed by atoms with Crippen LogP contribution in [0.25, 0.3) is 22.6 Å². The van der Waals surface area contributed by atoms with Crippen molar-refractivity contribution >= 4 is 23.0 Å². The average Bonchev–Trinajstić information content (AvgIpc) is 3.27. The number of nitrogens with one attached hydrogen (secondary N) is 1. The van der Waals surface area contributed by atoms with E-state index >= 15 is 0 Å². The molecular formula is C29H30F3N5O2. The molecule has 1 aliphatic carbocycles. The quantitative estimate of drug-likeness (QED) is 0.265. The first kappa shape index (κ1) is 26.6. The Labute approximate surface area is 224 Å². The normalized spacial score (nSPS) is 15.4. The molecule has 0 amide bonds. The summed E-state index contributed by atoms with van der Waals surface area (Å²) in [5, 5.41) is 13.2. The Morgan fingerprint density at radius 1 is 1.08 bits per heavy atom. The molecule has 2 aromatic carbocycles. The van der Waals surface area contributed by atoms with Gasteiger partial charge in [0.15, 0.2) is 11.5 Å². The van der Waals surface area contributed by atoms with Gasteiger partial charge in [-0.05, 0) is 56.4 Å². The van der Waals surface area contributed by atoms with Crippen LogP contribution in [0, 0.1) is 12.8 Å². The van der Waals surface area contributed by atoms with Gasteiger partial charge in [0.25, 0.3) is 0 Å². The Kier molecular flexibility index (Phi) is 7.29. The lowest BCUT2D eigenvalue weighted by Gasteiger charge is -2.29. The molecule has 0 bridgehead atoms. The number of halogens is 3. The van der Waals surface area contributed by atoms with Gasteiger partial charge in [-0.15, -0.1) is 0 Å². The lowest BCUT2D eigenvalue weighted by Crippen LogP contribution is -2.28. The number of imidazole rings is 1. The van der Waals surface area contributed by atoms with E-state index in [2.05, 4.69) is 22.2 Å². The molecular weight excluding hydrogens is 507 g/mol. The predicted molar refractivity (Wildman–Crippen MR) is 143 cm³/mol. The Morgan fingerprint density at radius 3 is 2.44 bits per heavy atom. The van der Waals surface area contributed by atoms with Crippen molar-refractivity contribution in [3.8, 4) is 11.4 Å². The van der Waals surface area contributed by atoms with Crippen LogP contribution in [0.1, 0.15) is 66.3 Å². The largest absolute Gasteiger partial charge is 0.475 e. The Bertz CT molecular complexity index is 1490. The van der Waals surface area contributed by atoms with Crippen molar-refractivity contribution in [2.24, 2.45) is 5.92 Å². The number of carboxylic acid groups (broad SMARTS) is 1. The van der Waals surface area contributed by atoms with E-state index < -0.39 is 17.7 Å². The number of carboxylic acids is 1. The summed E-state index contributed by atoms with van der Waals surface area (Å²) in [6.07, 6.45) is 1.24. The standard InChI is InChI=1S/C29H30F3N5O2/c1-17-7-6-10-21(15-17)27-36-25-23(37(27)16-19-11-13-22(14-12-19)29(30,31)32)24(34-26(35-25)28(38)39)33-18(2)20-8-4-3-5-9-20/h6-7,10-15,18,20H,3-5,8-9,16H2,1-2H3,(H,38,39)(H,33,34,35)/t18-/m1/s1. The van der Waals surface area contributed by atoms with E-state index in [1.165, 1.54) is 18.6 Å². The Hall–Kier alpha value is -3.95. The van der Waals surface area contributed by atoms with E-state index in [-0.39, 0.29) is 24.1 Å². The summed E-state index contributed by atoms with van der Waals surface area (Å²) in [4.78, 5) is 25.3. The maximum atomic E-state index is 13.2. The molecule has 4 aromatic rings. The van der Waals surface area contributed by atoms with Crippen molar-refractivity contribution in [2.45, 2.75) is 64.7 Å². The second-order valence-electron chi connectivity index (χ2n) is 10.3. The number of anilines is 1. The number of rotatable bonds is 7. The number of hydrogen-bond donors (Lipinski definition) is 2. The lowest BCUT2D eigenvalue weighted by atomic mass is 9.84. The first-order chi connectivity index (χ1) is 18.6. The van der Waals surface area contributed by atoms with Gasteiger partial charge in [0.2, 0.25) is 5.82 Å². The maximum absolute atomic E-state index is 13.2. The van der Waals surface area contributed by atoms with E-state index in [4.69, 9.17) is 4.98 Å². The van der Waals surface area contributed by atoms with Gasteiger partial charge in [-0.1, -0.05) is 55.2 Å². The average molecular weight is 538 g/mol. The molecule has 0 unspecified atom stereocenters. The Morgan fingerprint density at radius 2 is 1.79 bits per heavy atom. The van der Waals surface area contributed by atoms with Gasteiger partial charge < -0.3 is 15.0 Å². The van der Waals surface area contributed by atoms with E-state index in [0.29, 0.717) is 28.6 Å². The summed E-state index contributed by atoms with van der Waals surface area (Å²) < 4.78 is 41.4. The number of aryl methyl sites for hydroxylation is 1. The van der Waals surface area contributed by atoms with E-state index in [1.54, 1.807) is 0 Å². The van der Waals surface area contributed by atoms with Crippen molar-refractivity contribution in [1.82, 2.24) is 19.5 Å². The van der Waals surface area contributed by atoms with E-state index in [0.717, 1.165) is 48.9 Å². The topological polar surface area (TPSA) is 92.9 Å². The minimum Gasteiger partial charge on any atom is -0.475 e. The van der Waals surface area contributed by atoms with Gasteiger partial charge in [0.1, 0.15) is 11.3 Å². The van der Waals surface area contributed by atoms with Crippen LogP contribution >= 0.6 is 0 Å². The van der Waals surface area contributed by atoms with Gasteiger partial charge in [-0.25, -0.2) is 19.7 Å². The van der Waals surface area contributed by atoms with Crippen molar-refractivity contribution in [2.75, 3.05) is 5.32 Å². The number of alkyl halides is 3. The number of aromatic nitrogens is 4. The molecule has 5 rings (SSSR count). The second kappa shape index (κ2) is 10.7. The highest BCUT2D eigenvalue weighted by molar-refractivity contribution is 5.92. The van der Waals surface area contributed by atoms with Crippen LogP contribution in [0.4, 0.5) is 19.0 Å². The van der Waals surface area contributed by atoms with Gasteiger partial charge >= 0.3 is 12.1 Å². The summed E-state index contributed by atoms with van der Waals surface area (Å²) in [6.45, 7) is 4.22. The third kappa shape index (κ3) is 5.74. The second-order valence-corrected chi connectivity index (χ2v) is 10.3. The van der Waals surface area contributed by atoms with Crippen LogP contribution < -0.4 is 5.32 Å². The molecule has 204 valence electrons. The number of benzene rings is 2. The van der Waals surface area contributed by atoms with Crippen molar-refractivity contribution in [1.29, 1.82) is 0 Å². The molecule has 10 heteroatoms. The predicted octanol–water partition coefficient (Wildman–Crippen LogP) is 6.95.